The van der Waals surface area contributed by atoms with Crippen molar-refractivity contribution >= 4 is 43.9 Å². The van der Waals surface area contributed by atoms with E-state index >= 15 is 0 Å². The highest BCUT2D eigenvalue weighted by molar-refractivity contribution is 6.16. The van der Waals surface area contributed by atoms with Crippen LogP contribution in [0.2, 0.25) is 0 Å². The fraction of sp³-hybridized carbons (Fsp3) is 0. The van der Waals surface area contributed by atoms with Crippen molar-refractivity contribution in [1.82, 2.24) is 15.0 Å². The van der Waals surface area contributed by atoms with Crippen molar-refractivity contribution in [3.05, 3.63) is 188 Å². The molecule has 0 aliphatic carbocycles. The summed E-state index contributed by atoms with van der Waals surface area (Å²) in [6.07, 6.45) is 0. The van der Waals surface area contributed by atoms with E-state index in [0.29, 0.717) is 17.5 Å². The molecule has 0 saturated carbocycles. The quantitative estimate of drug-likeness (QED) is 0.171. The summed E-state index contributed by atoms with van der Waals surface area (Å²) in [5, 5.41) is 4.29. The van der Waals surface area contributed by atoms with Gasteiger partial charge in [-0.25, -0.2) is 15.0 Å². The summed E-state index contributed by atoms with van der Waals surface area (Å²) in [4.78, 5) is 15.0. The Morgan fingerprint density at radius 3 is 1.55 bits per heavy atom. The molecule has 5 nitrogen and oxygen atoms in total. The van der Waals surface area contributed by atoms with Gasteiger partial charge in [-0.2, -0.15) is 0 Å². The standard InChI is InChI=1S/C51H31N3O2/c1-3-13-32(14-4-1)33-25-27-35(28-26-33)50-52-49(34-15-5-2-6-16-34)53-51(54-50)36-29-30-43-46(31-36)55-45-24-12-20-40(47(43)45)37-17-7-8-18-38(37)41-21-11-22-42-39-19-9-10-23-44(39)56-48(41)42/h1-31H. The molecule has 0 fully saturated rings. The number of aromatic nitrogens is 3. The Morgan fingerprint density at radius 2 is 0.786 bits per heavy atom. The Hall–Kier alpha value is -7.63. The summed E-state index contributed by atoms with van der Waals surface area (Å²) in [6, 6.07) is 64.5. The second kappa shape index (κ2) is 13.0. The summed E-state index contributed by atoms with van der Waals surface area (Å²) in [7, 11) is 0. The lowest BCUT2D eigenvalue weighted by molar-refractivity contribution is 0.669. The summed E-state index contributed by atoms with van der Waals surface area (Å²) in [6.45, 7) is 0. The van der Waals surface area contributed by atoms with E-state index in [1.54, 1.807) is 0 Å². The van der Waals surface area contributed by atoms with Crippen molar-refractivity contribution < 1.29 is 8.83 Å². The van der Waals surface area contributed by atoms with Crippen LogP contribution in [-0.2, 0) is 0 Å². The fourth-order valence-electron chi connectivity index (χ4n) is 7.89. The molecule has 0 N–H and O–H groups in total. The molecular weight excluding hydrogens is 687 g/mol. The molecule has 262 valence electrons. The van der Waals surface area contributed by atoms with E-state index in [9.17, 15) is 0 Å². The molecule has 0 bridgehead atoms. The number of fused-ring (bicyclic) bond motifs is 6. The normalized spacial score (nSPS) is 11.6. The Bertz CT molecular complexity index is 3240. The molecule has 0 atom stereocenters. The molecule has 0 unspecified atom stereocenters. The van der Waals surface area contributed by atoms with Gasteiger partial charge in [-0.05, 0) is 52.1 Å². The molecule has 11 rings (SSSR count). The Balaban J connectivity index is 1.04. The number of nitrogens with zero attached hydrogens (tertiary/aromatic N) is 3. The number of benzene rings is 8. The fourth-order valence-corrected chi connectivity index (χ4v) is 7.89. The van der Waals surface area contributed by atoms with E-state index < -0.39 is 0 Å². The average molecular weight is 718 g/mol. The van der Waals surface area contributed by atoms with Gasteiger partial charge in [-0.3, -0.25) is 0 Å². The van der Waals surface area contributed by atoms with Gasteiger partial charge in [0.2, 0.25) is 0 Å². The lowest BCUT2D eigenvalue weighted by Gasteiger charge is -2.12. The van der Waals surface area contributed by atoms with Crippen LogP contribution in [-0.4, -0.2) is 15.0 Å². The second-order valence-electron chi connectivity index (χ2n) is 13.9. The van der Waals surface area contributed by atoms with Gasteiger partial charge in [-0.1, -0.05) is 164 Å². The third-order valence-corrected chi connectivity index (χ3v) is 10.6. The van der Waals surface area contributed by atoms with Crippen molar-refractivity contribution in [3.63, 3.8) is 0 Å². The van der Waals surface area contributed by atoms with Crippen LogP contribution in [0, 0.1) is 0 Å². The molecular formula is C51H31N3O2. The van der Waals surface area contributed by atoms with Crippen LogP contribution >= 0.6 is 0 Å². The van der Waals surface area contributed by atoms with E-state index in [0.717, 1.165) is 93.9 Å². The van der Waals surface area contributed by atoms with Gasteiger partial charge in [0, 0.05) is 43.8 Å². The molecule has 56 heavy (non-hydrogen) atoms. The van der Waals surface area contributed by atoms with Crippen LogP contribution in [0.5, 0.6) is 0 Å². The lowest BCUT2D eigenvalue weighted by Crippen LogP contribution is -2.00. The van der Waals surface area contributed by atoms with Crippen LogP contribution in [0.1, 0.15) is 0 Å². The minimum atomic E-state index is 0.577. The first-order valence-electron chi connectivity index (χ1n) is 18.7. The Morgan fingerprint density at radius 1 is 0.286 bits per heavy atom. The van der Waals surface area contributed by atoms with Gasteiger partial charge < -0.3 is 8.83 Å². The van der Waals surface area contributed by atoms with Gasteiger partial charge in [-0.15, -0.1) is 0 Å². The second-order valence-corrected chi connectivity index (χ2v) is 13.9. The predicted octanol–water partition coefficient (Wildman–Crippen LogP) is 13.7. The molecule has 0 amide bonds. The van der Waals surface area contributed by atoms with E-state index in [1.807, 2.05) is 60.7 Å². The zero-order valence-electron chi connectivity index (χ0n) is 30.1. The van der Waals surface area contributed by atoms with E-state index in [4.69, 9.17) is 23.8 Å². The SMILES string of the molecule is c1ccc(-c2ccc(-c3nc(-c4ccccc4)nc(-c4ccc5c(c4)oc4cccc(-c6ccccc6-c6cccc7c6oc6ccccc67)c45)n3)cc2)cc1. The first-order valence-corrected chi connectivity index (χ1v) is 18.7. The molecule has 3 heterocycles. The van der Waals surface area contributed by atoms with Gasteiger partial charge >= 0.3 is 0 Å². The van der Waals surface area contributed by atoms with Gasteiger partial charge in [0.15, 0.2) is 17.5 Å². The highest BCUT2D eigenvalue weighted by Crippen LogP contribution is 2.44. The maximum Gasteiger partial charge on any atom is 0.164 e. The molecule has 0 radical (unpaired) electrons. The van der Waals surface area contributed by atoms with Crippen LogP contribution in [0.3, 0.4) is 0 Å². The van der Waals surface area contributed by atoms with Crippen molar-refractivity contribution in [1.29, 1.82) is 0 Å². The summed E-state index contributed by atoms with van der Waals surface area (Å²) in [5.41, 5.74) is 12.7. The summed E-state index contributed by atoms with van der Waals surface area (Å²) < 4.78 is 13.1. The number of hydrogen-bond donors (Lipinski definition) is 0. The smallest absolute Gasteiger partial charge is 0.164 e. The summed E-state index contributed by atoms with van der Waals surface area (Å²) >= 11 is 0. The van der Waals surface area contributed by atoms with Crippen LogP contribution in [0.15, 0.2) is 197 Å². The number of furan rings is 2. The predicted molar refractivity (Wildman–Crippen MR) is 227 cm³/mol. The lowest BCUT2D eigenvalue weighted by atomic mass is 9.91. The van der Waals surface area contributed by atoms with Crippen molar-refractivity contribution in [2.24, 2.45) is 0 Å². The molecule has 0 spiro atoms. The minimum absolute atomic E-state index is 0.577. The number of para-hydroxylation sites is 2. The molecule has 5 heteroatoms. The third kappa shape index (κ3) is 5.37. The van der Waals surface area contributed by atoms with Crippen LogP contribution < -0.4 is 0 Å². The Labute approximate surface area is 322 Å². The van der Waals surface area contributed by atoms with E-state index in [1.165, 1.54) is 0 Å². The van der Waals surface area contributed by atoms with Crippen LogP contribution in [0.25, 0.3) is 111 Å². The minimum Gasteiger partial charge on any atom is -0.456 e. The third-order valence-electron chi connectivity index (χ3n) is 10.6. The van der Waals surface area contributed by atoms with E-state index in [-0.39, 0.29) is 0 Å². The maximum absolute atomic E-state index is 6.63. The summed E-state index contributed by atoms with van der Waals surface area (Å²) in [5.74, 6) is 1.80. The molecule has 0 saturated heterocycles. The monoisotopic (exact) mass is 717 g/mol. The highest BCUT2D eigenvalue weighted by Gasteiger charge is 2.20. The molecule has 3 aromatic heterocycles. The first-order chi connectivity index (χ1) is 27.7. The van der Waals surface area contributed by atoms with Gasteiger partial charge in [0.25, 0.3) is 0 Å². The van der Waals surface area contributed by atoms with Crippen molar-refractivity contribution in [2.75, 3.05) is 0 Å². The Kier molecular flexibility index (Phi) is 7.42. The number of rotatable bonds is 6. The first kappa shape index (κ1) is 31.9. The highest BCUT2D eigenvalue weighted by atomic mass is 16.3. The van der Waals surface area contributed by atoms with Gasteiger partial charge in [0.1, 0.15) is 22.3 Å². The zero-order chi connectivity index (χ0) is 37.0. The molecule has 11 aromatic rings. The largest absolute Gasteiger partial charge is 0.456 e. The topological polar surface area (TPSA) is 65.0 Å². The van der Waals surface area contributed by atoms with Crippen molar-refractivity contribution in [3.8, 4) is 67.5 Å². The molecule has 8 aromatic carbocycles. The van der Waals surface area contributed by atoms with Crippen molar-refractivity contribution in [2.45, 2.75) is 0 Å². The van der Waals surface area contributed by atoms with E-state index in [2.05, 4.69) is 127 Å². The van der Waals surface area contributed by atoms with Gasteiger partial charge in [0.05, 0.1) is 0 Å². The molecule has 0 aliphatic rings. The zero-order valence-corrected chi connectivity index (χ0v) is 30.1. The van der Waals surface area contributed by atoms with Crippen LogP contribution in [0.4, 0.5) is 0 Å². The average Bonchev–Trinajstić information content (AvgIpc) is 3.85. The maximum atomic E-state index is 6.63. The number of hydrogen-bond acceptors (Lipinski definition) is 5. The molecule has 0 aliphatic heterocycles.